The molecule has 0 saturated carbocycles. The van der Waals surface area contributed by atoms with Gasteiger partial charge in [-0.25, -0.2) is 15.0 Å². The highest BCUT2D eigenvalue weighted by Crippen LogP contribution is 2.28. The smallest absolute Gasteiger partial charge is 0.198 e. The van der Waals surface area contributed by atoms with Gasteiger partial charge in [-0.2, -0.15) is 0 Å². The van der Waals surface area contributed by atoms with Crippen LogP contribution in [0, 0.1) is 19.4 Å². The Balaban J connectivity index is 0.000000135. The first-order valence-electron chi connectivity index (χ1n) is 11.8. The molecule has 0 aromatic carbocycles. The second-order valence-electron chi connectivity index (χ2n) is 8.73. The van der Waals surface area contributed by atoms with Crippen LogP contribution in [-0.4, -0.2) is 78.8 Å². The summed E-state index contributed by atoms with van der Waals surface area (Å²) in [5.41, 5.74) is 7.15. The maximum atomic E-state index is 4.47. The molecule has 170 valence electrons. The number of nitrogens with zero attached hydrogens (tertiary/aromatic N) is 5. The molecule has 0 aliphatic carbocycles. The van der Waals surface area contributed by atoms with Crippen LogP contribution in [0.15, 0.2) is 6.07 Å². The summed E-state index contributed by atoms with van der Waals surface area (Å²) in [5.74, 6) is 0. The minimum absolute atomic E-state index is 0.298. The second-order valence-corrected chi connectivity index (χ2v) is 8.73. The van der Waals surface area contributed by atoms with Crippen molar-refractivity contribution in [1.29, 1.82) is 0 Å². The van der Waals surface area contributed by atoms with E-state index >= 15 is 0 Å². The number of hydrogen-bond acceptors (Lipinski definition) is 9. The van der Waals surface area contributed by atoms with Crippen molar-refractivity contribution in [2.24, 2.45) is 0 Å². The molecule has 4 N–H and O–H groups in total. The molecule has 0 bridgehead atoms. The summed E-state index contributed by atoms with van der Waals surface area (Å²) in [7, 11) is 0. The van der Waals surface area contributed by atoms with Crippen molar-refractivity contribution in [3.05, 3.63) is 46.8 Å². The van der Waals surface area contributed by atoms with E-state index in [-0.39, 0.29) is 0 Å². The van der Waals surface area contributed by atoms with Gasteiger partial charge in [-0.05, 0) is 18.6 Å². The van der Waals surface area contributed by atoms with Crippen LogP contribution in [-0.2, 0) is 19.5 Å². The van der Waals surface area contributed by atoms with E-state index in [0.717, 1.165) is 95.5 Å². The fraction of sp³-hybridized carbons (Fsp3) is 0.609. The van der Waals surface area contributed by atoms with Crippen molar-refractivity contribution in [2.75, 3.05) is 63.8 Å². The van der Waals surface area contributed by atoms with Crippen LogP contribution >= 0.6 is 0 Å². The molecule has 2 saturated heterocycles. The summed E-state index contributed by atoms with van der Waals surface area (Å²) >= 11 is 0. The zero-order chi connectivity index (χ0) is 21.8. The minimum atomic E-state index is 0.298. The average molecular weight is 436 g/mol. The third-order valence-corrected chi connectivity index (χ3v) is 6.66. The lowest BCUT2D eigenvalue weighted by atomic mass is 10.1. The van der Waals surface area contributed by atoms with Crippen molar-refractivity contribution in [1.82, 2.24) is 41.1 Å². The van der Waals surface area contributed by atoms with Gasteiger partial charge in [0.15, 0.2) is 6.33 Å². The number of rotatable bonds is 2. The summed E-state index contributed by atoms with van der Waals surface area (Å²) in [4.78, 5) is 17.7. The zero-order valence-electron chi connectivity index (χ0n) is 18.9. The highest BCUT2D eigenvalue weighted by molar-refractivity contribution is 5.47. The Labute approximate surface area is 190 Å². The lowest BCUT2D eigenvalue weighted by molar-refractivity contribution is 0.154. The number of pyridine rings is 1. The van der Waals surface area contributed by atoms with Gasteiger partial charge in [0.1, 0.15) is 6.20 Å². The minimum Gasteiger partial charge on any atom is -0.367 e. The van der Waals surface area contributed by atoms with Gasteiger partial charge >= 0.3 is 0 Å². The Kier molecular flexibility index (Phi) is 6.89. The van der Waals surface area contributed by atoms with Crippen molar-refractivity contribution in [2.45, 2.75) is 32.6 Å². The van der Waals surface area contributed by atoms with Crippen LogP contribution in [0.5, 0.6) is 0 Å². The SMILES string of the molecule is Cc1n[c]nc2c1C(N1CCNCC1)NC2.[c]1nc2c(cc1N1CCNCC1)CNCC2. The summed E-state index contributed by atoms with van der Waals surface area (Å²) in [6.45, 7) is 13.4. The highest BCUT2D eigenvalue weighted by atomic mass is 15.3. The number of piperazine rings is 2. The second kappa shape index (κ2) is 10.2. The van der Waals surface area contributed by atoms with E-state index in [1.54, 1.807) is 0 Å². The van der Waals surface area contributed by atoms with Crippen LogP contribution in [0.4, 0.5) is 5.69 Å². The van der Waals surface area contributed by atoms with Crippen LogP contribution in [0.25, 0.3) is 0 Å². The molecule has 1 atom stereocenters. The Morgan fingerprint density at radius 2 is 1.66 bits per heavy atom. The Bertz CT molecular complexity index is 906. The molecular weight excluding hydrogens is 402 g/mol. The van der Waals surface area contributed by atoms with Crippen LogP contribution in [0.2, 0.25) is 0 Å². The summed E-state index contributed by atoms with van der Waals surface area (Å²) in [6, 6.07) is 2.25. The molecule has 4 aliphatic rings. The van der Waals surface area contributed by atoms with Gasteiger partial charge in [0.2, 0.25) is 0 Å². The van der Waals surface area contributed by atoms with Crippen LogP contribution in [0.1, 0.15) is 34.4 Å². The van der Waals surface area contributed by atoms with Crippen molar-refractivity contribution < 1.29 is 0 Å². The molecule has 1 unspecified atom stereocenters. The number of fused-ring (bicyclic) bond motifs is 2. The van der Waals surface area contributed by atoms with Crippen molar-refractivity contribution >= 4 is 5.69 Å². The Morgan fingerprint density at radius 1 is 0.875 bits per heavy atom. The standard InChI is InChI=1S/C12H17N4.C11H16N5/c1-2-14-8-10-7-11(9-15-12(1)10)16-5-3-13-4-6-16;1-8-10-9(15-7-14-8)6-13-11(10)16-4-2-12-3-5-16/h7,13-14H,1-6,8H2;11-13H,2-6H2,1H3. The fourth-order valence-electron chi connectivity index (χ4n) is 4.87. The molecule has 2 fully saturated rings. The maximum Gasteiger partial charge on any atom is 0.198 e. The summed E-state index contributed by atoms with van der Waals surface area (Å²) < 4.78 is 0. The summed E-state index contributed by atoms with van der Waals surface area (Å²) in [5, 5.41) is 13.6. The Hall–Kier alpha value is -2.17. The van der Waals surface area contributed by atoms with Gasteiger partial charge in [0.25, 0.3) is 0 Å². The molecule has 9 nitrogen and oxygen atoms in total. The monoisotopic (exact) mass is 435 g/mol. The van der Waals surface area contributed by atoms with Gasteiger partial charge in [-0.1, -0.05) is 0 Å². The first-order chi connectivity index (χ1) is 15.8. The van der Waals surface area contributed by atoms with E-state index in [1.807, 2.05) is 6.92 Å². The highest BCUT2D eigenvalue weighted by Gasteiger charge is 2.31. The largest absolute Gasteiger partial charge is 0.367 e. The Morgan fingerprint density at radius 3 is 2.47 bits per heavy atom. The molecule has 9 heteroatoms. The number of nitrogens with one attached hydrogen (secondary N) is 4. The normalized spacial score (nSPS) is 23.2. The molecular formula is C23H33N9. The quantitative estimate of drug-likeness (QED) is 0.500. The van der Waals surface area contributed by atoms with Gasteiger partial charge in [0.05, 0.1) is 17.5 Å². The van der Waals surface area contributed by atoms with E-state index in [9.17, 15) is 0 Å². The lowest BCUT2D eigenvalue weighted by Crippen LogP contribution is -2.47. The third kappa shape index (κ3) is 4.77. The average Bonchev–Trinajstić information content (AvgIpc) is 3.31. The predicted octanol–water partition coefficient (Wildman–Crippen LogP) is -0.471. The topological polar surface area (TPSA) is 93.3 Å². The maximum absolute atomic E-state index is 4.47. The van der Waals surface area contributed by atoms with Gasteiger partial charge in [0, 0.05) is 95.4 Å². The van der Waals surface area contributed by atoms with E-state index in [2.05, 4.69) is 64.6 Å². The van der Waals surface area contributed by atoms with Crippen molar-refractivity contribution in [3.63, 3.8) is 0 Å². The van der Waals surface area contributed by atoms with Gasteiger partial charge in [-0.15, -0.1) is 0 Å². The molecule has 0 spiro atoms. The molecule has 2 aromatic heterocycles. The van der Waals surface area contributed by atoms with E-state index in [4.69, 9.17) is 0 Å². The van der Waals surface area contributed by atoms with Crippen LogP contribution < -0.4 is 26.2 Å². The summed E-state index contributed by atoms with van der Waals surface area (Å²) in [6.07, 6.45) is 7.23. The molecule has 4 aliphatic heterocycles. The number of aryl methyl sites for hydroxylation is 1. The number of hydrogen-bond donors (Lipinski definition) is 4. The molecule has 2 aromatic rings. The first-order valence-corrected chi connectivity index (χ1v) is 11.8. The number of anilines is 1. The predicted molar refractivity (Wildman–Crippen MR) is 123 cm³/mol. The van der Waals surface area contributed by atoms with Crippen molar-refractivity contribution in [3.8, 4) is 0 Å². The zero-order valence-corrected chi connectivity index (χ0v) is 18.9. The molecule has 6 heterocycles. The molecule has 32 heavy (non-hydrogen) atoms. The van der Waals surface area contributed by atoms with Gasteiger partial charge < -0.3 is 20.9 Å². The number of aromatic nitrogens is 3. The lowest BCUT2D eigenvalue weighted by Gasteiger charge is -2.33. The molecule has 2 radical (unpaired) electrons. The molecule has 0 amide bonds. The van der Waals surface area contributed by atoms with Crippen LogP contribution in [0.3, 0.4) is 0 Å². The van der Waals surface area contributed by atoms with E-state index < -0.39 is 0 Å². The first kappa shape index (κ1) is 21.7. The third-order valence-electron chi connectivity index (χ3n) is 6.66. The van der Waals surface area contributed by atoms with E-state index in [1.165, 1.54) is 16.8 Å². The molecule has 6 rings (SSSR count). The fourth-order valence-corrected chi connectivity index (χ4v) is 4.87. The van der Waals surface area contributed by atoms with E-state index in [0.29, 0.717) is 6.17 Å². The van der Waals surface area contributed by atoms with Gasteiger partial charge in [-0.3, -0.25) is 10.2 Å².